The Labute approximate surface area is 88.1 Å². The van der Waals surface area contributed by atoms with Crippen molar-refractivity contribution in [3.05, 3.63) is 35.4 Å². The van der Waals surface area contributed by atoms with Gasteiger partial charge in [-0.3, -0.25) is 4.79 Å². The largest absolute Gasteiger partial charge is 0.456 e. The Morgan fingerprint density at radius 1 is 1.53 bits per heavy atom. The number of carbonyl (C=O) groups excluding carboxylic acids is 2. The SMILES string of the molecule is CCOC(=O)C#Cc1cccc(C=O)c1. The molecule has 0 aromatic heterocycles. The zero-order chi connectivity index (χ0) is 11.1. The van der Waals surface area contributed by atoms with E-state index < -0.39 is 5.97 Å². The van der Waals surface area contributed by atoms with Crippen LogP contribution in [0, 0.1) is 11.8 Å². The van der Waals surface area contributed by atoms with Gasteiger partial charge in [0.2, 0.25) is 0 Å². The topological polar surface area (TPSA) is 43.4 Å². The fourth-order valence-corrected chi connectivity index (χ4v) is 0.980. The van der Waals surface area contributed by atoms with Crippen LogP contribution in [0.1, 0.15) is 22.8 Å². The Hall–Kier alpha value is -2.08. The predicted molar refractivity (Wildman–Crippen MR) is 55.3 cm³/mol. The van der Waals surface area contributed by atoms with Crippen molar-refractivity contribution in [3.63, 3.8) is 0 Å². The van der Waals surface area contributed by atoms with E-state index in [1.807, 2.05) is 0 Å². The summed E-state index contributed by atoms with van der Waals surface area (Å²) in [6.07, 6.45) is 0.732. The van der Waals surface area contributed by atoms with Crippen LogP contribution in [-0.2, 0) is 9.53 Å². The van der Waals surface area contributed by atoms with Gasteiger partial charge >= 0.3 is 5.97 Å². The first-order chi connectivity index (χ1) is 7.26. The molecule has 0 aliphatic rings. The number of aldehydes is 1. The molecule has 0 saturated heterocycles. The molecule has 0 atom stereocenters. The molecule has 0 aliphatic carbocycles. The highest BCUT2D eigenvalue weighted by molar-refractivity contribution is 5.89. The van der Waals surface area contributed by atoms with Crippen LogP contribution >= 0.6 is 0 Å². The number of hydrogen-bond donors (Lipinski definition) is 0. The van der Waals surface area contributed by atoms with E-state index in [-0.39, 0.29) is 0 Å². The van der Waals surface area contributed by atoms with Crippen molar-refractivity contribution >= 4 is 12.3 Å². The van der Waals surface area contributed by atoms with Crippen molar-refractivity contribution in [2.24, 2.45) is 0 Å². The second-order valence-electron chi connectivity index (χ2n) is 2.71. The minimum atomic E-state index is -0.561. The van der Waals surface area contributed by atoms with E-state index in [4.69, 9.17) is 0 Å². The maximum Gasteiger partial charge on any atom is 0.384 e. The van der Waals surface area contributed by atoms with E-state index in [9.17, 15) is 9.59 Å². The van der Waals surface area contributed by atoms with Gasteiger partial charge in [-0.15, -0.1) is 0 Å². The molecule has 0 amide bonds. The lowest BCUT2D eigenvalue weighted by Gasteiger charge is -1.92. The van der Waals surface area contributed by atoms with Crippen molar-refractivity contribution in [2.45, 2.75) is 6.92 Å². The molecule has 0 spiro atoms. The molecule has 0 fully saturated rings. The normalized spacial score (nSPS) is 8.60. The number of esters is 1. The van der Waals surface area contributed by atoms with Crippen LogP contribution in [0.4, 0.5) is 0 Å². The molecular formula is C12H10O3. The Morgan fingerprint density at radius 2 is 2.33 bits per heavy atom. The first-order valence-electron chi connectivity index (χ1n) is 4.50. The number of ether oxygens (including phenoxy) is 1. The van der Waals surface area contributed by atoms with Gasteiger partial charge in [-0.25, -0.2) is 4.79 Å². The quantitative estimate of drug-likeness (QED) is 0.414. The Balaban J connectivity index is 2.79. The summed E-state index contributed by atoms with van der Waals surface area (Å²) in [5.74, 6) is 4.38. The third-order valence-corrected chi connectivity index (χ3v) is 1.61. The molecule has 3 nitrogen and oxygen atoms in total. The minimum Gasteiger partial charge on any atom is -0.456 e. The molecular weight excluding hydrogens is 192 g/mol. The van der Waals surface area contributed by atoms with E-state index >= 15 is 0 Å². The van der Waals surface area contributed by atoms with Gasteiger partial charge in [-0.1, -0.05) is 18.1 Å². The van der Waals surface area contributed by atoms with Crippen LogP contribution in [0.5, 0.6) is 0 Å². The van der Waals surface area contributed by atoms with Crippen LogP contribution in [0.15, 0.2) is 24.3 Å². The summed E-state index contributed by atoms with van der Waals surface area (Å²) in [5, 5.41) is 0. The standard InChI is InChI=1S/C12H10O3/c1-2-15-12(14)7-6-10-4-3-5-11(8-10)9-13/h3-5,8-9H,2H2,1H3. The summed E-state index contributed by atoms with van der Waals surface area (Å²) in [6, 6.07) is 6.71. The molecule has 0 radical (unpaired) electrons. The molecule has 0 heterocycles. The van der Waals surface area contributed by atoms with Crippen LogP contribution in [0.3, 0.4) is 0 Å². The van der Waals surface area contributed by atoms with Crippen LogP contribution in [0.2, 0.25) is 0 Å². The molecule has 15 heavy (non-hydrogen) atoms. The van der Waals surface area contributed by atoms with Crippen molar-refractivity contribution in [3.8, 4) is 11.8 Å². The molecule has 1 aromatic rings. The van der Waals surface area contributed by atoms with Crippen molar-refractivity contribution < 1.29 is 14.3 Å². The molecule has 0 N–H and O–H groups in total. The third-order valence-electron chi connectivity index (χ3n) is 1.61. The number of carbonyl (C=O) groups is 2. The molecule has 0 bridgehead atoms. The molecule has 1 aromatic carbocycles. The smallest absolute Gasteiger partial charge is 0.384 e. The highest BCUT2D eigenvalue weighted by Gasteiger charge is 1.94. The Kier molecular flexibility index (Phi) is 4.11. The van der Waals surface area contributed by atoms with Gasteiger partial charge in [0.25, 0.3) is 0 Å². The number of benzene rings is 1. The molecule has 0 saturated carbocycles. The van der Waals surface area contributed by atoms with Gasteiger partial charge in [-0.05, 0) is 19.1 Å². The van der Waals surface area contributed by atoms with Crippen LogP contribution in [0.25, 0.3) is 0 Å². The van der Waals surface area contributed by atoms with Gasteiger partial charge in [0, 0.05) is 17.0 Å². The van der Waals surface area contributed by atoms with Gasteiger partial charge in [-0.2, -0.15) is 0 Å². The van der Waals surface area contributed by atoms with Crippen molar-refractivity contribution in [1.82, 2.24) is 0 Å². The average Bonchev–Trinajstić information content (AvgIpc) is 2.27. The molecule has 1 rings (SSSR count). The van der Waals surface area contributed by atoms with Gasteiger partial charge in [0.1, 0.15) is 6.29 Å². The van der Waals surface area contributed by atoms with E-state index in [2.05, 4.69) is 16.6 Å². The van der Waals surface area contributed by atoms with Gasteiger partial charge in [0.05, 0.1) is 6.61 Å². The van der Waals surface area contributed by atoms with Crippen molar-refractivity contribution in [1.29, 1.82) is 0 Å². The maximum absolute atomic E-state index is 10.9. The number of rotatable bonds is 2. The van der Waals surface area contributed by atoms with Gasteiger partial charge < -0.3 is 4.74 Å². The Morgan fingerprint density at radius 3 is 3.00 bits per heavy atom. The minimum absolute atomic E-state index is 0.307. The summed E-state index contributed by atoms with van der Waals surface area (Å²) in [7, 11) is 0. The Bertz CT molecular complexity index is 424. The number of hydrogen-bond acceptors (Lipinski definition) is 3. The third kappa shape index (κ3) is 3.65. The second kappa shape index (κ2) is 5.61. The lowest BCUT2D eigenvalue weighted by Crippen LogP contribution is -1.99. The first kappa shape index (κ1) is 11.0. The maximum atomic E-state index is 10.9. The van der Waals surface area contributed by atoms with E-state index in [0.717, 1.165) is 6.29 Å². The van der Waals surface area contributed by atoms with E-state index in [0.29, 0.717) is 17.7 Å². The zero-order valence-electron chi connectivity index (χ0n) is 8.32. The molecule has 76 valence electrons. The summed E-state index contributed by atoms with van der Waals surface area (Å²) < 4.78 is 4.64. The van der Waals surface area contributed by atoms with Crippen molar-refractivity contribution in [2.75, 3.05) is 6.61 Å². The zero-order valence-corrected chi connectivity index (χ0v) is 8.32. The van der Waals surface area contributed by atoms with Crippen LogP contribution in [-0.4, -0.2) is 18.9 Å². The lowest BCUT2D eigenvalue weighted by atomic mass is 10.1. The predicted octanol–water partition coefficient (Wildman–Crippen LogP) is 1.41. The fourth-order valence-electron chi connectivity index (χ4n) is 0.980. The van der Waals surface area contributed by atoms with Gasteiger partial charge in [0.15, 0.2) is 0 Å². The molecule has 3 heteroatoms. The van der Waals surface area contributed by atoms with E-state index in [1.165, 1.54) is 0 Å². The summed E-state index contributed by atoms with van der Waals surface area (Å²) in [5.41, 5.74) is 1.15. The summed E-state index contributed by atoms with van der Waals surface area (Å²) in [4.78, 5) is 21.4. The first-order valence-corrected chi connectivity index (χ1v) is 4.50. The fraction of sp³-hybridized carbons (Fsp3) is 0.167. The van der Waals surface area contributed by atoms with E-state index in [1.54, 1.807) is 31.2 Å². The summed E-state index contributed by atoms with van der Waals surface area (Å²) >= 11 is 0. The highest BCUT2D eigenvalue weighted by atomic mass is 16.5. The monoisotopic (exact) mass is 202 g/mol. The average molecular weight is 202 g/mol. The lowest BCUT2D eigenvalue weighted by molar-refractivity contribution is -0.136. The molecule has 0 unspecified atom stereocenters. The second-order valence-corrected chi connectivity index (χ2v) is 2.71. The summed E-state index contributed by atoms with van der Waals surface area (Å²) in [6.45, 7) is 2.02. The molecule has 0 aliphatic heterocycles. The highest BCUT2D eigenvalue weighted by Crippen LogP contribution is 2.00. The van der Waals surface area contributed by atoms with Crippen LogP contribution < -0.4 is 0 Å².